The maximum absolute atomic E-state index is 11.6. The molecule has 0 atom stereocenters. The topological polar surface area (TPSA) is 35.5 Å². The van der Waals surface area contributed by atoms with Crippen LogP contribution < -0.4 is 0 Å². The van der Waals surface area contributed by atoms with Gasteiger partial charge in [-0.3, -0.25) is 8.37 Å². The third-order valence-corrected chi connectivity index (χ3v) is 4.15. The summed E-state index contributed by atoms with van der Waals surface area (Å²) in [5.41, 5.74) is 1.88. The van der Waals surface area contributed by atoms with Crippen LogP contribution in [0.3, 0.4) is 0 Å². The summed E-state index contributed by atoms with van der Waals surface area (Å²) in [5.74, 6) is 0. The molecule has 2 aromatic rings. The molecule has 0 unspecified atom stereocenters. The van der Waals surface area contributed by atoms with Gasteiger partial charge < -0.3 is 0 Å². The Hall–Kier alpha value is -0.530. The van der Waals surface area contributed by atoms with Gasteiger partial charge in [0.2, 0.25) is 0 Å². The largest absolute Gasteiger partial charge is 0.305 e. The van der Waals surface area contributed by atoms with Crippen LogP contribution in [-0.4, -0.2) is 4.21 Å². The van der Waals surface area contributed by atoms with Gasteiger partial charge in [-0.1, -0.05) is 56.1 Å². The second-order valence-electron chi connectivity index (χ2n) is 3.98. The lowest BCUT2D eigenvalue weighted by atomic mass is 10.2. The van der Waals surface area contributed by atoms with E-state index >= 15 is 0 Å². The first kappa shape index (κ1) is 15.9. The SMILES string of the molecule is O=S(OCc1ccc(Br)cc1)OCc1ccc(Br)cc1. The molecular weight excluding hydrogens is 408 g/mol. The fraction of sp³-hybridized carbons (Fsp3) is 0.143. The van der Waals surface area contributed by atoms with Crippen molar-refractivity contribution in [2.24, 2.45) is 0 Å². The lowest BCUT2D eigenvalue weighted by molar-refractivity contribution is 0.236. The Morgan fingerprint density at radius 1 is 0.750 bits per heavy atom. The normalized spacial score (nSPS) is 10.9. The summed E-state index contributed by atoms with van der Waals surface area (Å²) in [6.45, 7) is 0.500. The van der Waals surface area contributed by atoms with Gasteiger partial charge in [-0.2, -0.15) is 4.21 Å². The van der Waals surface area contributed by atoms with Gasteiger partial charge in [-0.25, -0.2) is 0 Å². The third-order valence-electron chi connectivity index (χ3n) is 2.47. The molecule has 20 heavy (non-hydrogen) atoms. The van der Waals surface area contributed by atoms with Crippen molar-refractivity contribution in [2.45, 2.75) is 13.2 Å². The standard InChI is InChI=1S/C14H12Br2O3S/c15-13-5-1-11(2-6-13)9-18-20(17)19-10-12-3-7-14(16)8-4-12/h1-8H,9-10H2. The molecule has 2 rings (SSSR count). The maximum atomic E-state index is 11.6. The molecule has 0 saturated carbocycles. The quantitative estimate of drug-likeness (QED) is 0.690. The van der Waals surface area contributed by atoms with E-state index < -0.39 is 11.4 Å². The van der Waals surface area contributed by atoms with Crippen molar-refractivity contribution in [3.05, 3.63) is 68.6 Å². The van der Waals surface area contributed by atoms with Crippen LogP contribution in [0.2, 0.25) is 0 Å². The number of rotatable bonds is 6. The Balaban J connectivity index is 1.75. The van der Waals surface area contributed by atoms with Crippen LogP contribution in [0.4, 0.5) is 0 Å². The van der Waals surface area contributed by atoms with Gasteiger partial charge in [0.05, 0.1) is 13.2 Å². The summed E-state index contributed by atoms with van der Waals surface area (Å²) in [7, 11) is 0. The van der Waals surface area contributed by atoms with Gasteiger partial charge in [0.1, 0.15) is 0 Å². The number of halogens is 2. The molecule has 0 N–H and O–H groups in total. The number of hydrogen-bond acceptors (Lipinski definition) is 3. The second-order valence-corrected chi connectivity index (χ2v) is 6.69. The van der Waals surface area contributed by atoms with E-state index in [1.807, 2.05) is 48.5 Å². The van der Waals surface area contributed by atoms with Gasteiger partial charge in [0.15, 0.2) is 0 Å². The van der Waals surface area contributed by atoms with E-state index in [0.29, 0.717) is 0 Å². The van der Waals surface area contributed by atoms with Crippen LogP contribution in [0.5, 0.6) is 0 Å². The zero-order valence-corrected chi connectivity index (χ0v) is 14.4. The van der Waals surface area contributed by atoms with Crippen molar-refractivity contribution in [2.75, 3.05) is 0 Å². The molecule has 0 saturated heterocycles. The van der Waals surface area contributed by atoms with Crippen LogP contribution in [0, 0.1) is 0 Å². The van der Waals surface area contributed by atoms with Gasteiger partial charge in [-0.05, 0) is 35.4 Å². The molecule has 3 nitrogen and oxygen atoms in total. The lowest BCUT2D eigenvalue weighted by Gasteiger charge is -2.05. The Morgan fingerprint density at radius 2 is 1.10 bits per heavy atom. The minimum absolute atomic E-state index is 0.250. The monoisotopic (exact) mass is 418 g/mol. The third kappa shape index (κ3) is 5.46. The Kier molecular flexibility index (Phi) is 6.38. The average molecular weight is 420 g/mol. The molecule has 0 spiro atoms. The zero-order chi connectivity index (χ0) is 14.4. The van der Waals surface area contributed by atoms with Crippen LogP contribution >= 0.6 is 31.9 Å². The van der Waals surface area contributed by atoms with Crippen LogP contribution in [0.25, 0.3) is 0 Å². The highest BCUT2D eigenvalue weighted by molar-refractivity contribution is 9.10. The van der Waals surface area contributed by atoms with E-state index in [0.717, 1.165) is 20.1 Å². The van der Waals surface area contributed by atoms with E-state index in [-0.39, 0.29) is 13.2 Å². The summed E-state index contributed by atoms with van der Waals surface area (Å²) in [6.07, 6.45) is 0. The summed E-state index contributed by atoms with van der Waals surface area (Å²) in [5, 5.41) is 0. The molecule has 0 amide bonds. The molecule has 0 bridgehead atoms. The summed E-state index contributed by atoms with van der Waals surface area (Å²) in [6, 6.07) is 15.2. The van der Waals surface area contributed by atoms with Crippen LogP contribution in [-0.2, 0) is 32.9 Å². The highest BCUT2D eigenvalue weighted by atomic mass is 79.9. The second kappa shape index (κ2) is 8.05. The first-order valence-corrected chi connectivity index (χ1v) is 8.39. The Bertz CT molecular complexity index is 518. The Morgan fingerprint density at radius 3 is 1.45 bits per heavy atom. The fourth-order valence-corrected chi connectivity index (χ4v) is 2.49. The molecule has 0 aliphatic carbocycles. The maximum Gasteiger partial charge on any atom is 0.305 e. The molecule has 0 aliphatic heterocycles. The molecule has 0 heterocycles. The Labute approximate surface area is 137 Å². The van der Waals surface area contributed by atoms with E-state index in [1.165, 1.54) is 0 Å². The molecule has 0 fully saturated rings. The fourth-order valence-electron chi connectivity index (χ4n) is 1.43. The highest BCUT2D eigenvalue weighted by Gasteiger charge is 2.03. The van der Waals surface area contributed by atoms with Gasteiger partial charge >= 0.3 is 11.4 Å². The van der Waals surface area contributed by atoms with Gasteiger partial charge in [0.25, 0.3) is 0 Å². The molecule has 2 aromatic carbocycles. The number of benzene rings is 2. The van der Waals surface area contributed by atoms with Crippen molar-refractivity contribution in [3.63, 3.8) is 0 Å². The van der Waals surface area contributed by atoms with Crippen molar-refractivity contribution < 1.29 is 12.6 Å². The van der Waals surface area contributed by atoms with Crippen molar-refractivity contribution >= 4 is 43.2 Å². The summed E-state index contributed by atoms with van der Waals surface area (Å²) < 4.78 is 23.8. The first-order chi connectivity index (χ1) is 9.63. The van der Waals surface area contributed by atoms with Gasteiger partial charge in [0, 0.05) is 8.95 Å². The molecule has 106 valence electrons. The van der Waals surface area contributed by atoms with Crippen molar-refractivity contribution in [3.8, 4) is 0 Å². The smallest absolute Gasteiger partial charge is 0.264 e. The predicted octanol–water partition coefficient (Wildman–Crippen LogP) is 4.52. The first-order valence-electron chi connectivity index (χ1n) is 5.81. The summed E-state index contributed by atoms with van der Waals surface area (Å²) in [4.78, 5) is 0. The van der Waals surface area contributed by atoms with Crippen LogP contribution in [0.1, 0.15) is 11.1 Å². The number of hydrogen-bond donors (Lipinski definition) is 0. The van der Waals surface area contributed by atoms with E-state index in [4.69, 9.17) is 8.37 Å². The molecule has 0 aliphatic rings. The van der Waals surface area contributed by atoms with E-state index in [1.54, 1.807) is 0 Å². The minimum Gasteiger partial charge on any atom is -0.264 e. The molecular formula is C14H12Br2O3S. The van der Waals surface area contributed by atoms with E-state index in [9.17, 15) is 4.21 Å². The zero-order valence-electron chi connectivity index (χ0n) is 10.4. The van der Waals surface area contributed by atoms with Crippen molar-refractivity contribution in [1.82, 2.24) is 0 Å². The summed E-state index contributed by atoms with van der Waals surface area (Å²) >= 11 is 4.95. The predicted molar refractivity (Wildman–Crippen MR) is 86.0 cm³/mol. The minimum atomic E-state index is -1.76. The molecule has 0 aromatic heterocycles. The molecule has 0 radical (unpaired) electrons. The lowest BCUT2D eigenvalue weighted by Crippen LogP contribution is -2.02. The van der Waals surface area contributed by atoms with E-state index in [2.05, 4.69) is 31.9 Å². The van der Waals surface area contributed by atoms with Crippen molar-refractivity contribution in [1.29, 1.82) is 0 Å². The highest BCUT2D eigenvalue weighted by Crippen LogP contribution is 2.13. The average Bonchev–Trinajstić information content (AvgIpc) is 2.46. The van der Waals surface area contributed by atoms with Gasteiger partial charge in [-0.15, -0.1) is 0 Å². The molecule has 6 heteroatoms. The van der Waals surface area contributed by atoms with Crippen LogP contribution in [0.15, 0.2) is 57.5 Å².